The van der Waals surface area contributed by atoms with Gasteiger partial charge >= 0.3 is 0 Å². The summed E-state index contributed by atoms with van der Waals surface area (Å²) in [5.41, 5.74) is 4.83. The summed E-state index contributed by atoms with van der Waals surface area (Å²) >= 11 is 5.04. The molecule has 106 valence electrons. The molecule has 0 aliphatic carbocycles. The molecule has 0 unspecified atom stereocenters. The summed E-state index contributed by atoms with van der Waals surface area (Å²) in [5, 5.41) is 2.01. The van der Waals surface area contributed by atoms with Gasteiger partial charge in [0.1, 0.15) is 0 Å². The van der Waals surface area contributed by atoms with Crippen molar-refractivity contribution >= 4 is 38.9 Å². The summed E-state index contributed by atoms with van der Waals surface area (Å²) in [7, 11) is 1.79. The summed E-state index contributed by atoms with van der Waals surface area (Å²) in [6.45, 7) is 2.53. The van der Waals surface area contributed by atoms with Gasteiger partial charge in [0.25, 0.3) is 5.91 Å². The molecule has 0 saturated carbocycles. The van der Waals surface area contributed by atoms with Crippen molar-refractivity contribution in [1.82, 2.24) is 4.90 Å². The van der Waals surface area contributed by atoms with Crippen LogP contribution in [0, 0.1) is 6.92 Å². The van der Waals surface area contributed by atoms with E-state index in [0.29, 0.717) is 17.8 Å². The number of nitrogens with one attached hydrogen (secondary N) is 1. The lowest BCUT2D eigenvalue weighted by Gasteiger charge is -2.18. The van der Waals surface area contributed by atoms with E-state index in [4.69, 9.17) is 5.84 Å². The quantitative estimate of drug-likeness (QED) is 0.654. The van der Waals surface area contributed by atoms with Gasteiger partial charge in [-0.1, -0.05) is 11.6 Å². The molecule has 0 aliphatic rings. The second-order valence-corrected chi connectivity index (χ2v) is 6.50. The van der Waals surface area contributed by atoms with Crippen molar-refractivity contribution in [3.63, 3.8) is 0 Å². The maximum atomic E-state index is 12.5. The Morgan fingerprint density at radius 1 is 1.45 bits per heavy atom. The first-order chi connectivity index (χ1) is 9.51. The summed E-state index contributed by atoms with van der Waals surface area (Å²) in [4.78, 5) is 15.3. The van der Waals surface area contributed by atoms with Crippen LogP contribution in [-0.4, -0.2) is 17.9 Å². The Morgan fingerprint density at radius 2 is 2.20 bits per heavy atom. The van der Waals surface area contributed by atoms with Gasteiger partial charge in [-0.05, 0) is 41.1 Å². The van der Waals surface area contributed by atoms with Gasteiger partial charge in [0.05, 0.1) is 17.8 Å². The number of benzene rings is 1. The number of aryl methyl sites for hydroxylation is 1. The average molecular weight is 354 g/mol. The number of anilines is 1. The van der Waals surface area contributed by atoms with Crippen LogP contribution in [-0.2, 0) is 6.54 Å². The van der Waals surface area contributed by atoms with Crippen molar-refractivity contribution in [3.05, 3.63) is 50.1 Å². The Bertz CT molecular complexity index is 627. The number of amides is 1. The van der Waals surface area contributed by atoms with E-state index in [0.717, 1.165) is 14.9 Å². The Labute approximate surface area is 130 Å². The minimum atomic E-state index is -0.0498. The zero-order valence-electron chi connectivity index (χ0n) is 11.3. The fraction of sp³-hybridized carbons (Fsp3) is 0.214. The predicted molar refractivity (Wildman–Crippen MR) is 86.8 cm³/mol. The zero-order chi connectivity index (χ0) is 14.7. The summed E-state index contributed by atoms with van der Waals surface area (Å²) < 4.78 is 1.04. The number of carbonyl (C=O) groups is 1. The van der Waals surface area contributed by atoms with Gasteiger partial charge in [-0.2, -0.15) is 0 Å². The lowest BCUT2D eigenvalue weighted by Crippen LogP contribution is -2.27. The zero-order valence-corrected chi connectivity index (χ0v) is 13.7. The molecule has 2 rings (SSSR count). The van der Waals surface area contributed by atoms with E-state index in [1.807, 2.05) is 36.6 Å². The molecule has 4 nitrogen and oxygen atoms in total. The first kappa shape index (κ1) is 15.0. The molecule has 1 aromatic heterocycles. The first-order valence-electron chi connectivity index (χ1n) is 6.07. The number of hydrazine groups is 1. The van der Waals surface area contributed by atoms with Gasteiger partial charge in [0, 0.05) is 21.8 Å². The van der Waals surface area contributed by atoms with Crippen LogP contribution in [0.1, 0.15) is 20.8 Å². The highest BCUT2D eigenvalue weighted by Gasteiger charge is 2.16. The molecule has 6 heteroatoms. The molecule has 0 bridgehead atoms. The Morgan fingerprint density at radius 3 is 2.80 bits per heavy atom. The molecule has 0 fully saturated rings. The van der Waals surface area contributed by atoms with Crippen LogP contribution in [0.2, 0.25) is 0 Å². The monoisotopic (exact) mass is 353 g/mol. The van der Waals surface area contributed by atoms with Crippen LogP contribution in [0.4, 0.5) is 5.69 Å². The second kappa shape index (κ2) is 6.39. The van der Waals surface area contributed by atoms with E-state index >= 15 is 0 Å². The highest BCUT2D eigenvalue weighted by atomic mass is 79.9. The first-order valence-corrected chi connectivity index (χ1v) is 7.74. The van der Waals surface area contributed by atoms with E-state index in [-0.39, 0.29) is 5.91 Å². The number of thiophene rings is 1. The molecule has 1 heterocycles. The number of carbonyl (C=O) groups excluding carboxylic acids is 1. The second-order valence-electron chi connectivity index (χ2n) is 4.59. The van der Waals surface area contributed by atoms with Crippen LogP contribution < -0.4 is 11.3 Å². The minimum Gasteiger partial charge on any atom is -0.336 e. The molecule has 0 saturated heterocycles. The van der Waals surface area contributed by atoms with Gasteiger partial charge in [-0.25, -0.2) is 0 Å². The molecule has 3 N–H and O–H groups in total. The number of nitrogens with two attached hydrogens (primary N) is 1. The lowest BCUT2D eigenvalue weighted by molar-refractivity contribution is 0.0787. The number of rotatable bonds is 4. The number of nitrogen functional groups attached to an aromatic ring is 1. The highest BCUT2D eigenvalue weighted by molar-refractivity contribution is 9.10. The van der Waals surface area contributed by atoms with E-state index in [9.17, 15) is 4.79 Å². The van der Waals surface area contributed by atoms with E-state index in [1.165, 1.54) is 0 Å². The van der Waals surface area contributed by atoms with Gasteiger partial charge in [-0.15, -0.1) is 11.3 Å². The molecule has 1 amide bonds. The molecule has 1 aromatic carbocycles. The van der Waals surface area contributed by atoms with Crippen molar-refractivity contribution in [1.29, 1.82) is 0 Å². The van der Waals surface area contributed by atoms with Crippen LogP contribution in [0.5, 0.6) is 0 Å². The van der Waals surface area contributed by atoms with Crippen LogP contribution >= 0.6 is 27.3 Å². The van der Waals surface area contributed by atoms with Crippen molar-refractivity contribution in [2.75, 3.05) is 12.5 Å². The molecule has 0 aliphatic heterocycles. The minimum absolute atomic E-state index is 0.0498. The smallest absolute Gasteiger partial charge is 0.256 e. The normalized spacial score (nSPS) is 10.4. The van der Waals surface area contributed by atoms with E-state index < -0.39 is 0 Å². The molecule has 2 aromatic rings. The molecular formula is C14H16BrN3OS. The Hall–Kier alpha value is -1.37. The van der Waals surface area contributed by atoms with Crippen molar-refractivity contribution in [2.45, 2.75) is 13.5 Å². The average Bonchev–Trinajstić information content (AvgIpc) is 2.83. The standard InChI is InChI=1S/C14H16BrN3OS/c1-9-3-4-13(17-16)12(5-9)14(19)18(2)7-11-6-10(15)8-20-11/h3-6,8,17H,7,16H2,1-2H3. The number of nitrogens with zero attached hydrogens (tertiary/aromatic N) is 1. The van der Waals surface area contributed by atoms with Gasteiger partial charge in [0.2, 0.25) is 0 Å². The van der Waals surface area contributed by atoms with Crippen LogP contribution in [0.15, 0.2) is 34.1 Å². The predicted octanol–water partition coefficient (Wildman–Crippen LogP) is 3.38. The molecular weight excluding hydrogens is 338 g/mol. The lowest BCUT2D eigenvalue weighted by atomic mass is 10.1. The number of hydrogen-bond acceptors (Lipinski definition) is 4. The highest BCUT2D eigenvalue weighted by Crippen LogP contribution is 2.23. The summed E-state index contributed by atoms with van der Waals surface area (Å²) in [6, 6.07) is 7.60. The topological polar surface area (TPSA) is 58.4 Å². The van der Waals surface area contributed by atoms with Crippen molar-refractivity contribution in [3.8, 4) is 0 Å². The summed E-state index contributed by atoms with van der Waals surface area (Å²) in [5.74, 6) is 5.42. The van der Waals surface area contributed by atoms with Crippen molar-refractivity contribution in [2.24, 2.45) is 5.84 Å². The van der Waals surface area contributed by atoms with E-state index in [2.05, 4.69) is 21.4 Å². The molecule has 0 radical (unpaired) electrons. The maximum absolute atomic E-state index is 12.5. The summed E-state index contributed by atoms with van der Waals surface area (Å²) in [6.07, 6.45) is 0. The molecule has 0 spiro atoms. The number of halogens is 1. The molecule has 0 atom stereocenters. The largest absolute Gasteiger partial charge is 0.336 e. The third kappa shape index (κ3) is 3.39. The number of hydrogen-bond donors (Lipinski definition) is 2. The van der Waals surface area contributed by atoms with Gasteiger partial charge in [-0.3, -0.25) is 10.6 Å². The Balaban J connectivity index is 2.20. The third-order valence-electron chi connectivity index (χ3n) is 2.92. The fourth-order valence-corrected chi connectivity index (χ4v) is 3.41. The van der Waals surface area contributed by atoms with Crippen molar-refractivity contribution < 1.29 is 4.79 Å². The SMILES string of the molecule is Cc1ccc(NN)c(C(=O)N(C)Cc2cc(Br)cs2)c1. The molecule has 20 heavy (non-hydrogen) atoms. The maximum Gasteiger partial charge on any atom is 0.256 e. The van der Waals surface area contributed by atoms with Gasteiger partial charge < -0.3 is 10.3 Å². The van der Waals surface area contributed by atoms with Crippen LogP contribution in [0.25, 0.3) is 0 Å². The third-order valence-corrected chi connectivity index (χ3v) is 4.60. The fourth-order valence-electron chi connectivity index (χ4n) is 1.91. The van der Waals surface area contributed by atoms with Crippen LogP contribution in [0.3, 0.4) is 0 Å². The van der Waals surface area contributed by atoms with Gasteiger partial charge in [0.15, 0.2) is 0 Å². The Kier molecular flexibility index (Phi) is 4.80. The van der Waals surface area contributed by atoms with E-state index in [1.54, 1.807) is 23.3 Å².